The Bertz CT molecular complexity index is 684. The van der Waals surface area contributed by atoms with Crippen LogP contribution in [0.15, 0.2) is 35.3 Å². The zero-order valence-corrected chi connectivity index (χ0v) is 17.6. The zero-order valence-electron chi connectivity index (χ0n) is 14.5. The van der Waals surface area contributed by atoms with Gasteiger partial charge in [-0.15, -0.1) is 35.3 Å². The van der Waals surface area contributed by atoms with Crippen LogP contribution in [0, 0.1) is 13.8 Å². The average Bonchev–Trinajstić information content (AvgIpc) is 3.16. The van der Waals surface area contributed by atoms with Gasteiger partial charge in [0.1, 0.15) is 0 Å². The van der Waals surface area contributed by atoms with Crippen molar-refractivity contribution in [1.29, 1.82) is 0 Å². The summed E-state index contributed by atoms with van der Waals surface area (Å²) in [7, 11) is 1.86. The van der Waals surface area contributed by atoms with Crippen LogP contribution in [0.2, 0.25) is 0 Å². The molecule has 130 valence electrons. The van der Waals surface area contributed by atoms with E-state index in [0.717, 1.165) is 36.3 Å². The largest absolute Gasteiger partial charge is 0.351 e. The Balaban J connectivity index is 0.00000208. The van der Waals surface area contributed by atoms with E-state index in [9.17, 15) is 0 Å². The molecule has 2 aromatic rings. The van der Waals surface area contributed by atoms with E-state index in [1.54, 1.807) is 11.3 Å². The summed E-state index contributed by atoms with van der Waals surface area (Å²) in [5, 5.41) is 4.62. The first-order valence-corrected chi connectivity index (χ1v) is 8.92. The fraction of sp³-hybridized carbons (Fsp3) is 0.444. The van der Waals surface area contributed by atoms with Crippen molar-refractivity contribution in [1.82, 2.24) is 15.2 Å². The van der Waals surface area contributed by atoms with Crippen LogP contribution in [0.4, 0.5) is 0 Å². The van der Waals surface area contributed by atoms with Crippen molar-refractivity contribution < 1.29 is 0 Å². The molecule has 1 unspecified atom stereocenters. The molecule has 0 aliphatic carbocycles. The second-order valence-corrected chi connectivity index (χ2v) is 7.27. The number of hydrogen-bond donors (Lipinski definition) is 1. The van der Waals surface area contributed by atoms with Crippen LogP contribution in [0.1, 0.15) is 33.5 Å². The number of rotatable bonds is 3. The highest BCUT2D eigenvalue weighted by Gasteiger charge is 2.25. The number of guanidine groups is 1. The average molecular weight is 456 g/mol. The van der Waals surface area contributed by atoms with Gasteiger partial charge in [0.25, 0.3) is 0 Å². The maximum absolute atomic E-state index is 4.49. The molecular weight excluding hydrogens is 431 g/mol. The molecule has 1 fully saturated rings. The fourth-order valence-electron chi connectivity index (χ4n) is 3.18. The Labute approximate surface area is 165 Å². The quantitative estimate of drug-likeness (QED) is 0.432. The van der Waals surface area contributed by atoms with E-state index in [1.807, 2.05) is 7.05 Å². The minimum Gasteiger partial charge on any atom is -0.351 e. The van der Waals surface area contributed by atoms with Crippen molar-refractivity contribution in [2.45, 2.75) is 32.7 Å². The van der Waals surface area contributed by atoms with Gasteiger partial charge >= 0.3 is 0 Å². The van der Waals surface area contributed by atoms with E-state index >= 15 is 0 Å². The molecular formula is C18H25IN4S. The molecule has 1 aliphatic heterocycles. The Morgan fingerprint density at radius 1 is 1.33 bits per heavy atom. The molecule has 0 saturated carbocycles. The third-order valence-electron chi connectivity index (χ3n) is 4.38. The Hall–Kier alpha value is -1.15. The lowest BCUT2D eigenvalue weighted by Crippen LogP contribution is -2.39. The van der Waals surface area contributed by atoms with Gasteiger partial charge in [-0.1, -0.05) is 30.3 Å². The number of aromatic nitrogens is 1. The SMILES string of the molecule is CN=C(NCc1sc(C)nc1C)N1CCC(c2ccccc2)C1.I. The number of aryl methyl sites for hydroxylation is 2. The molecule has 24 heavy (non-hydrogen) atoms. The van der Waals surface area contributed by atoms with Gasteiger partial charge in [0.15, 0.2) is 5.96 Å². The monoisotopic (exact) mass is 456 g/mol. The highest BCUT2D eigenvalue weighted by molar-refractivity contribution is 14.0. The van der Waals surface area contributed by atoms with Gasteiger partial charge < -0.3 is 10.2 Å². The molecule has 1 aliphatic rings. The van der Waals surface area contributed by atoms with Gasteiger partial charge in [-0.05, 0) is 25.8 Å². The molecule has 1 saturated heterocycles. The molecule has 1 atom stereocenters. The number of likely N-dealkylation sites (tertiary alicyclic amines) is 1. The lowest BCUT2D eigenvalue weighted by atomic mass is 9.99. The fourth-order valence-corrected chi connectivity index (χ4v) is 4.06. The Kier molecular flexibility index (Phi) is 7.03. The van der Waals surface area contributed by atoms with Crippen LogP contribution in [0.25, 0.3) is 0 Å². The summed E-state index contributed by atoms with van der Waals surface area (Å²) >= 11 is 1.76. The van der Waals surface area contributed by atoms with Crippen molar-refractivity contribution in [2.24, 2.45) is 4.99 Å². The highest BCUT2D eigenvalue weighted by atomic mass is 127. The van der Waals surface area contributed by atoms with E-state index in [1.165, 1.54) is 16.9 Å². The van der Waals surface area contributed by atoms with Gasteiger partial charge in [0.2, 0.25) is 0 Å². The van der Waals surface area contributed by atoms with Crippen LogP contribution in [0.5, 0.6) is 0 Å². The lowest BCUT2D eigenvalue weighted by molar-refractivity contribution is 0.486. The molecule has 0 amide bonds. The van der Waals surface area contributed by atoms with E-state index in [-0.39, 0.29) is 24.0 Å². The van der Waals surface area contributed by atoms with Crippen molar-refractivity contribution in [2.75, 3.05) is 20.1 Å². The van der Waals surface area contributed by atoms with Gasteiger partial charge in [0, 0.05) is 30.9 Å². The predicted molar refractivity (Wildman–Crippen MR) is 113 cm³/mol. The van der Waals surface area contributed by atoms with Gasteiger partial charge in [-0.2, -0.15) is 0 Å². The second-order valence-electron chi connectivity index (χ2n) is 5.98. The topological polar surface area (TPSA) is 40.5 Å². The molecule has 1 N–H and O–H groups in total. The summed E-state index contributed by atoms with van der Waals surface area (Å²) in [5.41, 5.74) is 2.55. The lowest BCUT2D eigenvalue weighted by Gasteiger charge is -2.21. The summed E-state index contributed by atoms with van der Waals surface area (Å²) in [6, 6.07) is 10.8. The van der Waals surface area contributed by atoms with Gasteiger partial charge in [0.05, 0.1) is 17.2 Å². The highest BCUT2D eigenvalue weighted by Crippen LogP contribution is 2.27. The third kappa shape index (κ3) is 4.47. The number of halogens is 1. The van der Waals surface area contributed by atoms with E-state index in [2.05, 4.69) is 64.4 Å². The second kappa shape index (κ2) is 8.80. The Morgan fingerprint density at radius 3 is 2.71 bits per heavy atom. The number of benzene rings is 1. The van der Waals surface area contributed by atoms with Crippen molar-refractivity contribution in [3.05, 3.63) is 51.5 Å². The first-order chi connectivity index (χ1) is 11.2. The smallest absolute Gasteiger partial charge is 0.193 e. The summed E-state index contributed by atoms with van der Waals surface area (Å²) in [6.07, 6.45) is 1.18. The van der Waals surface area contributed by atoms with Crippen molar-refractivity contribution in [3.63, 3.8) is 0 Å². The summed E-state index contributed by atoms with van der Waals surface area (Å²) < 4.78 is 0. The van der Waals surface area contributed by atoms with E-state index < -0.39 is 0 Å². The predicted octanol–water partition coefficient (Wildman–Crippen LogP) is 3.94. The molecule has 0 spiro atoms. The minimum absolute atomic E-state index is 0. The number of hydrogen-bond acceptors (Lipinski definition) is 3. The molecule has 1 aromatic carbocycles. The van der Waals surface area contributed by atoms with Crippen LogP contribution >= 0.6 is 35.3 Å². The summed E-state index contributed by atoms with van der Waals surface area (Å²) in [6.45, 7) is 7.02. The molecule has 4 nitrogen and oxygen atoms in total. The van der Waals surface area contributed by atoms with Crippen LogP contribution in [-0.2, 0) is 6.54 Å². The van der Waals surface area contributed by atoms with Crippen LogP contribution in [0.3, 0.4) is 0 Å². The number of thiazole rings is 1. The first-order valence-electron chi connectivity index (χ1n) is 8.11. The summed E-state index contributed by atoms with van der Waals surface area (Å²) in [5.74, 6) is 1.59. The third-order valence-corrected chi connectivity index (χ3v) is 5.45. The standard InChI is InChI=1S/C18H24N4S.HI/c1-13-17(23-14(2)21-13)11-20-18(19-3)22-10-9-16(12-22)15-7-5-4-6-8-15;/h4-8,16H,9-12H2,1-3H3,(H,19,20);1H. The van der Waals surface area contributed by atoms with Crippen molar-refractivity contribution >= 4 is 41.3 Å². The molecule has 1 aromatic heterocycles. The minimum atomic E-state index is 0. The van der Waals surface area contributed by atoms with Crippen molar-refractivity contribution in [3.8, 4) is 0 Å². The molecule has 0 bridgehead atoms. The molecule has 2 heterocycles. The normalized spacial score (nSPS) is 17.7. The van der Waals surface area contributed by atoms with Gasteiger partial charge in [-0.25, -0.2) is 4.98 Å². The maximum Gasteiger partial charge on any atom is 0.193 e. The first kappa shape index (κ1) is 19.2. The van der Waals surface area contributed by atoms with Gasteiger partial charge in [-0.3, -0.25) is 4.99 Å². The summed E-state index contributed by atoms with van der Waals surface area (Å²) in [4.78, 5) is 12.6. The number of nitrogens with one attached hydrogen (secondary N) is 1. The van der Waals surface area contributed by atoms with E-state index in [0.29, 0.717) is 5.92 Å². The van der Waals surface area contributed by atoms with Crippen LogP contribution < -0.4 is 5.32 Å². The van der Waals surface area contributed by atoms with Crippen LogP contribution in [-0.4, -0.2) is 36.0 Å². The number of aliphatic imine (C=N–C) groups is 1. The van der Waals surface area contributed by atoms with E-state index in [4.69, 9.17) is 0 Å². The molecule has 6 heteroatoms. The zero-order chi connectivity index (χ0) is 16.2. The maximum atomic E-state index is 4.49. The Morgan fingerprint density at radius 2 is 2.08 bits per heavy atom. The number of nitrogens with zero attached hydrogens (tertiary/aromatic N) is 3. The molecule has 0 radical (unpaired) electrons. The molecule has 3 rings (SSSR count).